The number of hydrogen-bond donors (Lipinski definition) is 1. The maximum atomic E-state index is 12.6. The number of carbonyl (C=O) groups is 1. The number of benzene rings is 2. The number of rotatable bonds is 6. The Bertz CT molecular complexity index is 1110. The van der Waals surface area contributed by atoms with Crippen molar-refractivity contribution in [1.29, 1.82) is 0 Å². The van der Waals surface area contributed by atoms with E-state index in [4.69, 9.17) is 0 Å². The first-order valence-corrected chi connectivity index (χ1v) is 10.9. The summed E-state index contributed by atoms with van der Waals surface area (Å²) in [7, 11) is -0.617. The molecule has 3 rings (SSSR count). The van der Waals surface area contributed by atoms with Gasteiger partial charge in [-0.05, 0) is 37.3 Å². The number of fused-ring (bicyclic) bond motifs is 1. The third-order valence-corrected chi connectivity index (χ3v) is 7.15. The molecule has 0 aliphatic rings. The van der Waals surface area contributed by atoms with E-state index in [2.05, 4.69) is 10.3 Å². The van der Waals surface area contributed by atoms with Gasteiger partial charge in [-0.2, -0.15) is 0 Å². The highest BCUT2D eigenvalue weighted by molar-refractivity contribution is 8.00. The maximum absolute atomic E-state index is 12.6. The zero-order valence-electron chi connectivity index (χ0n) is 15.8. The van der Waals surface area contributed by atoms with Crippen molar-refractivity contribution in [1.82, 2.24) is 9.29 Å². The Hall–Kier alpha value is -2.42. The molecule has 0 radical (unpaired) electrons. The minimum absolute atomic E-state index is 0.135. The van der Waals surface area contributed by atoms with Crippen LogP contribution < -0.4 is 5.32 Å². The number of thioether (sulfide) groups is 1. The highest BCUT2D eigenvalue weighted by atomic mass is 32.2. The first kappa shape index (κ1) is 20.3. The van der Waals surface area contributed by atoms with Crippen LogP contribution in [-0.4, -0.2) is 43.0 Å². The normalized spacial score (nSPS) is 12.9. The third kappa shape index (κ3) is 4.35. The van der Waals surface area contributed by atoms with E-state index in [1.807, 2.05) is 37.3 Å². The average Bonchev–Trinajstić information content (AvgIpc) is 2.68. The smallest absolute Gasteiger partial charge is 0.242 e. The van der Waals surface area contributed by atoms with Gasteiger partial charge >= 0.3 is 0 Å². The lowest BCUT2D eigenvalue weighted by molar-refractivity contribution is -0.115. The van der Waals surface area contributed by atoms with Gasteiger partial charge in [-0.25, -0.2) is 12.7 Å². The van der Waals surface area contributed by atoms with Crippen LogP contribution in [0.1, 0.15) is 6.92 Å². The standard InChI is InChI=1S/C20H21N3O3S2/c1-14(27-19-11-12-21-18-10-5-4-9-17(18)19)20(24)22-15-7-6-8-16(13-15)28(25,26)23(2)3/h4-14H,1-3H3,(H,22,24). The molecule has 2 aromatic carbocycles. The zero-order chi connectivity index (χ0) is 20.3. The first-order valence-electron chi connectivity index (χ1n) is 8.63. The molecule has 0 aliphatic heterocycles. The molecule has 146 valence electrons. The lowest BCUT2D eigenvalue weighted by Gasteiger charge is -2.15. The second kappa shape index (κ2) is 8.30. The molecule has 0 saturated carbocycles. The lowest BCUT2D eigenvalue weighted by Crippen LogP contribution is -2.24. The van der Waals surface area contributed by atoms with E-state index in [0.29, 0.717) is 5.69 Å². The Morgan fingerprint density at radius 1 is 1.11 bits per heavy atom. The zero-order valence-corrected chi connectivity index (χ0v) is 17.4. The fraction of sp³-hybridized carbons (Fsp3) is 0.200. The minimum atomic E-state index is -3.56. The van der Waals surface area contributed by atoms with E-state index in [-0.39, 0.29) is 16.1 Å². The van der Waals surface area contributed by atoms with Crippen molar-refractivity contribution in [3.05, 3.63) is 60.8 Å². The number of amides is 1. The van der Waals surface area contributed by atoms with Crippen molar-refractivity contribution in [3.63, 3.8) is 0 Å². The van der Waals surface area contributed by atoms with Gasteiger partial charge < -0.3 is 5.32 Å². The van der Waals surface area contributed by atoms with Crippen molar-refractivity contribution < 1.29 is 13.2 Å². The molecule has 1 aromatic heterocycles. The summed E-state index contributed by atoms with van der Waals surface area (Å²) in [6.45, 7) is 1.82. The summed E-state index contributed by atoms with van der Waals surface area (Å²) < 4.78 is 25.7. The first-order chi connectivity index (χ1) is 13.3. The van der Waals surface area contributed by atoms with E-state index < -0.39 is 10.0 Å². The summed E-state index contributed by atoms with van der Waals surface area (Å²) >= 11 is 1.44. The predicted molar refractivity (Wildman–Crippen MR) is 113 cm³/mol. The molecule has 6 nitrogen and oxygen atoms in total. The fourth-order valence-corrected chi connectivity index (χ4v) is 4.54. The van der Waals surface area contributed by atoms with E-state index in [1.54, 1.807) is 18.3 Å². The van der Waals surface area contributed by atoms with Crippen LogP contribution in [0.4, 0.5) is 5.69 Å². The summed E-state index contributed by atoms with van der Waals surface area (Å²) in [5.74, 6) is -0.203. The third-order valence-electron chi connectivity index (χ3n) is 4.16. The highest BCUT2D eigenvalue weighted by Gasteiger charge is 2.19. The van der Waals surface area contributed by atoms with Gasteiger partial charge in [0.05, 0.1) is 15.7 Å². The quantitative estimate of drug-likeness (QED) is 0.622. The van der Waals surface area contributed by atoms with E-state index >= 15 is 0 Å². The molecule has 1 N–H and O–H groups in total. The van der Waals surface area contributed by atoms with Crippen molar-refractivity contribution in [3.8, 4) is 0 Å². The van der Waals surface area contributed by atoms with Crippen LogP contribution in [0.25, 0.3) is 10.9 Å². The van der Waals surface area contributed by atoms with Gasteiger partial charge in [-0.3, -0.25) is 9.78 Å². The Labute approximate surface area is 169 Å². The van der Waals surface area contributed by atoms with Gasteiger partial charge in [-0.1, -0.05) is 24.3 Å². The van der Waals surface area contributed by atoms with Gasteiger partial charge in [0.25, 0.3) is 0 Å². The van der Waals surface area contributed by atoms with Crippen LogP contribution in [0, 0.1) is 0 Å². The fourth-order valence-electron chi connectivity index (χ4n) is 2.61. The van der Waals surface area contributed by atoms with Gasteiger partial charge in [0.15, 0.2) is 0 Å². The summed E-state index contributed by atoms with van der Waals surface area (Å²) in [6, 6.07) is 15.9. The largest absolute Gasteiger partial charge is 0.325 e. The van der Waals surface area contributed by atoms with E-state index in [1.165, 1.54) is 38.0 Å². The number of anilines is 1. The minimum Gasteiger partial charge on any atom is -0.325 e. The number of para-hydroxylation sites is 1. The van der Waals surface area contributed by atoms with E-state index in [0.717, 1.165) is 20.1 Å². The molecule has 8 heteroatoms. The molecule has 1 atom stereocenters. The monoisotopic (exact) mass is 415 g/mol. The average molecular weight is 416 g/mol. The van der Waals surface area contributed by atoms with Gasteiger partial charge in [-0.15, -0.1) is 11.8 Å². The maximum Gasteiger partial charge on any atom is 0.242 e. The number of nitrogens with one attached hydrogen (secondary N) is 1. The Balaban J connectivity index is 1.76. The van der Waals surface area contributed by atoms with Crippen molar-refractivity contribution in [2.24, 2.45) is 0 Å². The lowest BCUT2D eigenvalue weighted by atomic mass is 10.2. The highest BCUT2D eigenvalue weighted by Crippen LogP contribution is 2.30. The van der Waals surface area contributed by atoms with Crippen LogP contribution in [0.2, 0.25) is 0 Å². The summed E-state index contributed by atoms with van der Waals surface area (Å²) in [5.41, 5.74) is 1.32. The molecule has 1 unspecified atom stereocenters. The second-order valence-corrected chi connectivity index (χ2v) is 9.93. The van der Waals surface area contributed by atoms with Crippen molar-refractivity contribution in [2.45, 2.75) is 22.0 Å². The number of nitrogens with zero attached hydrogens (tertiary/aromatic N) is 2. The molecule has 28 heavy (non-hydrogen) atoms. The van der Waals surface area contributed by atoms with Gasteiger partial charge in [0, 0.05) is 36.3 Å². The summed E-state index contributed by atoms with van der Waals surface area (Å²) in [5, 5.41) is 3.42. The molecule has 0 saturated heterocycles. The molecule has 0 aliphatic carbocycles. The van der Waals surface area contributed by atoms with Crippen LogP contribution >= 0.6 is 11.8 Å². The van der Waals surface area contributed by atoms with Gasteiger partial charge in [0.1, 0.15) is 0 Å². The predicted octanol–water partition coefficient (Wildman–Crippen LogP) is 3.60. The number of aromatic nitrogens is 1. The topological polar surface area (TPSA) is 79.4 Å². The Morgan fingerprint density at radius 3 is 2.61 bits per heavy atom. The number of carbonyl (C=O) groups excluding carboxylic acids is 1. The van der Waals surface area contributed by atoms with Crippen molar-refractivity contribution >= 4 is 44.3 Å². The molecule has 0 spiro atoms. The SMILES string of the molecule is CC(Sc1ccnc2ccccc12)C(=O)Nc1cccc(S(=O)(=O)N(C)C)c1. The van der Waals surface area contributed by atoms with E-state index in [9.17, 15) is 13.2 Å². The summed E-state index contributed by atoms with van der Waals surface area (Å²) in [4.78, 5) is 18.1. The Morgan fingerprint density at radius 2 is 1.86 bits per heavy atom. The molecule has 0 fully saturated rings. The molecular weight excluding hydrogens is 394 g/mol. The molecule has 3 aromatic rings. The molecule has 0 bridgehead atoms. The van der Waals surface area contributed by atoms with Gasteiger partial charge in [0.2, 0.25) is 15.9 Å². The number of pyridine rings is 1. The van der Waals surface area contributed by atoms with Crippen molar-refractivity contribution in [2.75, 3.05) is 19.4 Å². The molecule has 1 amide bonds. The van der Waals surface area contributed by atoms with Crippen LogP contribution in [0.5, 0.6) is 0 Å². The van der Waals surface area contributed by atoms with Crippen LogP contribution in [-0.2, 0) is 14.8 Å². The molecular formula is C20H21N3O3S2. The number of sulfonamides is 1. The summed E-state index contributed by atoms with van der Waals surface area (Å²) in [6.07, 6.45) is 1.73. The second-order valence-electron chi connectivity index (χ2n) is 6.39. The molecule has 1 heterocycles. The van der Waals surface area contributed by atoms with Crippen LogP contribution in [0.3, 0.4) is 0 Å². The van der Waals surface area contributed by atoms with Crippen LogP contribution in [0.15, 0.2) is 70.6 Å². The Kier molecular flexibility index (Phi) is 6.02. The number of hydrogen-bond acceptors (Lipinski definition) is 5.